The average molecular weight is 497 g/mol. The minimum Gasteiger partial charge on any atom is -0.478 e. The summed E-state index contributed by atoms with van der Waals surface area (Å²) in [6.07, 6.45) is -6.13. The van der Waals surface area contributed by atoms with Crippen LogP contribution in [0, 0.1) is 0 Å². The summed E-state index contributed by atoms with van der Waals surface area (Å²) in [4.78, 5) is 22.2. The molecule has 4 N–H and O–H groups in total. The second kappa shape index (κ2) is 10.3. The second-order valence-corrected chi connectivity index (χ2v) is 8.53. The Balaban J connectivity index is 1.28. The number of carboxylic acid groups (broad SMARTS) is 1. The lowest BCUT2D eigenvalue weighted by Gasteiger charge is -2.42. The number of piperazine rings is 1. The van der Waals surface area contributed by atoms with Crippen LogP contribution in [0.15, 0.2) is 36.7 Å². The standard InChI is InChI=1S/C22H26F3N5O5/c23-22(24,25)17-9-26-10-18(28-17)27-15-12-35-16(20(32)19(15)31)11-29-5-7-30(8-6-29)14-3-1-13(2-4-14)21(33)34/h1-4,9-10,15-16,19-20,31-32H,5-8,11-12H2,(H,27,28)(H,33,34)/t15-,16+,19+,20-/m0/s1. The van der Waals surface area contributed by atoms with Gasteiger partial charge in [0, 0.05) is 38.4 Å². The van der Waals surface area contributed by atoms with Crippen LogP contribution in [-0.2, 0) is 10.9 Å². The van der Waals surface area contributed by atoms with Gasteiger partial charge in [0.15, 0.2) is 5.69 Å². The molecule has 2 aliphatic heterocycles. The van der Waals surface area contributed by atoms with Crippen LogP contribution in [0.4, 0.5) is 24.7 Å². The number of alkyl halides is 3. The van der Waals surface area contributed by atoms with E-state index in [2.05, 4.69) is 25.1 Å². The van der Waals surface area contributed by atoms with Crippen LogP contribution in [0.25, 0.3) is 0 Å². The molecule has 0 amide bonds. The summed E-state index contributed by atoms with van der Waals surface area (Å²) in [7, 11) is 0. The second-order valence-electron chi connectivity index (χ2n) is 8.53. The molecule has 0 spiro atoms. The molecule has 0 saturated carbocycles. The number of carbonyl (C=O) groups is 1. The summed E-state index contributed by atoms with van der Waals surface area (Å²) >= 11 is 0. The quantitative estimate of drug-likeness (QED) is 0.457. The molecule has 190 valence electrons. The third-order valence-corrected chi connectivity index (χ3v) is 6.18. The monoisotopic (exact) mass is 497 g/mol. The Kier molecular flexibility index (Phi) is 7.40. The number of aromatic carboxylic acids is 1. The molecule has 0 bridgehead atoms. The van der Waals surface area contributed by atoms with Crippen molar-refractivity contribution in [3.05, 3.63) is 47.9 Å². The number of aliphatic hydroxyl groups excluding tert-OH is 2. The SMILES string of the molecule is O=C(O)c1ccc(N2CCN(C[C@H]3OC[C@H](Nc4cncc(C(F)(F)F)n4)[C@@H](O)[C@H]3O)CC2)cc1. The largest absolute Gasteiger partial charge is 0.478 e. The Labute approximate surface area is 199 Å². The fourth-order valence-electron chi connectivity index (χ4n) is 4.19. The third kappa shape index (κ3) is 5.99. The maximum absolute atomic E-state index is 12.9. The van der Waals surface area contributed by atoms with Crippen molar-refractivity contribution in [2.24, 2.45) is 0 Å². The van der Waals surface area contributed by atoms with E-state index in [4.69, 9.17) is 9.84 Å². The van der Waals surface area contributed by atoms with Gasteiger partial charge >= 0.3 is 12.1 Å². The number of nitrogens with zero attached hydrogens (tertiary/aromatic N) is 4. The number of benzene rings is 1. The van der Waals surface area contributed by atoms with E-state index in [0.717, 1.165) is 11.9 Å². The zero-order valence-electron chi connectivity index (χ0n) is 18.6. The fraction of sp³-hybridized carbons (Fsp3) is 0.500. The predicted molar refractivity (Wildman–Crippen MR) is 118 cm³/mol. The highest BCUT2D eigenvalue weighted by Crippen LogP contribution is 2.28. The summed E-state index contributed by atoms with van der Waals surface area (Å²) in [5.41, 5.74) is -0.0166. The maximum Gasteiger partial charge on any atom is 0.434 e. The molecule has 1 aromatic carbocycles. The maximum atomic E-state index is 12.9. The average Bonchev–Trinajstić information content (AvgIpc) is 2.84. The van der Waals surface area contributed by atoms with E-state index >= 15 is 0 Å². The van der Waals surface area contributed by atoms with Crippen molar-refractivity contribution < 1.29 is 38.0 Å². The van der Waals surface area contributed by atoms with Crippen molar-refractivity contribution in [2.75, 3.05) is 49.5 Å². The molecule has 0 radical (unpaired) electrons. The molecule has 10 nitrogen and oxygen atoms in total. The van der Waals surface area contributed by atoms with Crippen molar-refractivity contribution in [3.63, 3.8) is 0 Å². The summed E-state index contributed by atoms with van der Waals surface area (Å²) in [6, 6.07) is 5.81. The van der Waals surface area contributed by atoms with Crippen LogP contribution < -0.4 is 10.2 Å². The van der Waals surface area contributed by atoms with Crippen molar-refractivity contribution in [1.82, 2.24) is 14.9 Å². The molecule has 3 heterocycles. The number of carboxylic acids is 1. The van der Waals surface area contributed by atoms with Gasteiger partial charge in [-0.15, -0.1) is 0 Å². The lowest BCUT2D eigenvalue weighted by atomic mass is 9.97. The molecule has 4 rings (SSSR count). The van der Waals surface area contributed by atoms with Crippen LogP contribution in [0.5, 0.6) is 0 Å². The topological polar surface area (TPSA) is 131 Å². The molecule has 2 aromatic rings. The van der Waals surface area contributed by atoms with Crippen LogP contribution in [0.1, 0.15) is 16.1 Å². The van der Waals surface area contributed by atoms with Gasteiger partial charge in [-0.05, 0) is 24.3 Å². The normalized spacial score (nSPS) is 25.9. The lowest BCUT2D eigenvalue weighted by molar-refractivity contribution is -0.147. The predicted octanol–water partition coefficient (Wildman–Crippen LogP) is 0.917. The fourth-order valence-corrected chi connectivity index (χ4v) is 4.19. The van der Waals surface area contributed by atoms with Gasteiger partial charge in [0.2, 0.25) is 0 Å². The highest BCUT2D eigenvalue weighted by Gasteiger charge is 2.40. The van der Waals surface area contributed by atoms with E-state index in [-0.39, 0.29) is 18.0 Å². The van der Waals surface area contributed by atoms with E-state index in [1.54, 1.807) is 24.3 Å². The highest BCUT2D eigenvalue weighted by atomic mass is 19.4. The van der Waals surface area contributed by atoms with Crippen molar-refractivity contribution in [2.45, 2.75) is 30.5 Å². The Morgan fingerprint density at radius 3 is 2.40 bits per heavy atom. The minimum absolute atomic E-state index is 0.0310. The zero-order valence-corrected chi connectivity index (χ0v) is 18.6. The highest BCUT2D eigenvalue weighted by molar-refractivity contribution is 5.88. The van der Waals surface area contributed by atoms with E-state index < -0.39 is 42.2 Å². The molecule has 1 aromatic heterocycles. The summed E-state index contributed by atoms with van der Waals surface area (Å²) in [6.45, 7) is 3.07. The smallest absolute Gasteiger partial charge is 0.434 e. The molecular formula is C22H26F3N5O5. The summed E-state index contributed by atoms with van der Waals surface area (Å²) in [5.74, 6) is -1.15. The van der Waals surface area contributed by atoms with Gasteiger partial charge in [0.05, 0.1) is 36.7 Å². The molecule has 13 heteroatoms. The molecule has 2 fully saturated rings. The molecule has 0 aliphatic carbocycles. The van der Waals surface area contributed by atoms with Crippen molar-refractivity contribution >= 4 is 17.5 Å². The number of ether oxygens (including phenoxy) is 1. The molecule has 35 heavy (non-hydrogen) atoms. The van der Waals surface area contributed by atoms with Gasteiger partial charge in [-0.1, -0.05) is 0 Å². The zero-order chi connectivity index (χ0) is 25.2. The molecule has 2 saturated heterocycles. The van der Waals surface area contributed by atoms with Gasteiger partial charge in [-0.25, -0.2) is 9.78 Å². The first-order chi connectivity index (χ1) is 16.6. The Morgan fingerprint density at radius 1 is 1.09 bits per heavy atom. The third-order valence-electron chi connectivity index (χ3n) is 6.18. The van der Waals surface area contributed by atoms with Crippen LogP contribution in [0.2, 0.25) is 0 Å². The summed E-state index contributed by atoms with van der Waals surface area (Å²) in [5, 5.41) is 32.8. The number of nitrogens with one attached hydrogen (secondary N) is 1. The molecule has 2 aliphatic rings. The van der Waals surface area contributed by atoms with Gasteiger partial charge < -0.3 is 30.3 Å². The van der Waals surface area contributed by atoms with Crippen molar-refractivity contribution in [3.8, 4) is 0 Å². The van der Waals surface area contributed by atoms with Gasteiger partial charge in [0.25, 0.3) is 0 Å². The Hall–Kier alpha value is -3.00. The van der Waals surface area contributed by atoms with E-state index in [9.17, 15) is 28.2 Å². The number of aromatic nitrogens is 2. The van der Waals surface area contributed by atoms with Gasteiger partial charge in [0.1, 0.15) is 18.0 Å². The number of rotatable bonds is 6. The Bertz CT molecular complexity index is 1020. The lowest BCUT2D eigenvalue weighted by Crippen LogP contribution is -2.59. The number of hydrogen-bond donors (Lipinski definition) is 4. The van der Waals surface area contributed by atoms with Crippen LogP contribution in [-0.4, -0.2) is 99.8 Å². The van der Waals surface area contributed by atoms with Gasteiger partial charge in [-0.3, -0.25) is 9.88 Å². The number of halogens is 3. The number of hydrogen-bond acceptors (Lipinski definition) is 9. The molecule has 4 atom stereocenters. The van der Waals surface area contributed by atoms with E-state index in [1.807, 2.05) is 0 Å². The van der Waals surface area contributed by atoms with Gasteiger partial charge in [-0.2, -0.15) is 13.2 Å². The molecule has 0 unspecified atom stereocenters. The van der Waals surface area contributed by atoms with Crippen LogP contribution >= 0.6 is 0 Å². The first-order valence-corrected chi connectivity index (χ1v) is 11.1. The first kappa shape index (κ1) is 25.1. The summed E-state index contributed by atoms with van der Waals surface area (Å²) < 4.78 is 44.3. The van der Waals surface area contributed by atoms with E-state index in [1.165, 1.54) is 0 Å². The van der Waals surface area contributed by atoms with E-state index in [0.29, 0.717) is 38.9 Å². The molecular weight excluding hydrogens is 471 g/mol. The number of aliphatic hydroxyl groups is 2. The number of anilines is 2. The minimum atomic E-state index is -4.65. The van der Waals surface area contributed by atoms with Crippen molar-refractivity contribution in [1.29, 1.82) is 0 Å². The Morgan fingerprint density at radius 2 is 1.77 bits per heavy atom. The first-order valence-electron chi connectivity index (χ1n) is 11.1. The van der Waals surface area contributed by atoms with Crippen LogP contribution in [0.3, 0.4) is 0 Å².